The van der Waals surface area contributed by atoms with Gasteiger partial charge in [0, 0.05) is 33.5 Å². The maximum absolute atomic E-state index is 12.8. The van der Waals surface area contributed by atoms with Gasteiger partial charge in [-0.05, 0) is 38.4 Å². The monoisotopic (exact) mass is 287 g/mol. The highest BCUT2D eigenvalue weighted by atomic mass is 32.1. The predicted octanol–water partition coefficient (Wildman–Crippen LogP) is 4.21. The van der Waals surface area contributed by atoms with Crippen molar-refractivity contribution in [2.45, 2.75) is 26.2 Å². The number of hydrogen-bond donors (Lipinski definition) is 0. The van der Waals surface area contributed by atoms with Crippen molar-refractivity contribution in [2.75, 3.05) is 19.6 Å². The number of ketones is 1. The molecular weight excluding hydrogens is 266 g/mol. The summed E-state index contributed by atoms with van der Waals surface area (Å²) in [6, 6.07) is 8.22. The van der Waals surface area contributed by atoms with Gasteiger partial charge in [0.25, 0.3) is 0 Å². The molecule has 3 rings (SSSR count). The Morgan fingerprint density at radius 3 is 2.80 bits per heavy atom. The molecule has 2 nitrogen and oxygen atoms in total. The van der Waals surface area contributed by atoms with Crippen LogP contribution in [0.25, 0.3) is 10.1 Å². The number of Topliss-reactive ketones (excluding diaryl/α,β-unsaturated/α-hetero) is 1. The van der Waals surface area contributed by atoms with E-state index in [1.165, 1.54) is 17.5 Å². The fourth-order valence-electron chi connectivity index (χ4n) is 3.06. The zero-order valence-corrected chi connectivity index (χ0v) is 12.8. The van der Waals surface area contributed by atoms with Crippen LogP contribution in [0, 0.1) is 5.92 Å². The summed E-state index contributed by atoms with van der Waals surface area (Å²) in [7, 11) is 0. The van der Waals surface area contributed by atoms with Crippen LogP contribution in [0.3, 0.4) is 0 Å². The number of likely N-dealkylation sites (tertiary alicyclic amines) is 1. The molecule has 1 atom stereocenters. The molecule has 0 N–H and O–H groups in total. The van der Waals surface area contributed by atoms with Crippen LogP contribution in [0.5, 0.6) is 0 Å². The fourth-order valence-corrected chi connectivity index (χ4v) is 4.01. The normalized spacial score (nSPS) is 17.6. The molecule has 0 bridgehead atoms. The second-order valence-corrected chi connectivity index (χ2v) is 6.53. The minimum Gasteiger partial charge on any atom is -0.303 e. The van der Waals surface area contributed by atoms with Crippen LogP contribution in [0.4, 0.5) is 0 Å². The van der Waals surface area contributed by atoms with Gasteiger partial charge < -0.3 is 4.90 Å². The first-order chi connectivity index (χ1) is 9.79. The first-order valence-electron chi connectivity index (χ1n) is 7.52. The lowest BCUT2D eigenvalue weighted by atomic mass is 9.94. The summed E-state index contributed by atoms with van der Waals surface area (Å²) < 4.78 is 1.21. The predicted molar refractivity (Wildman–Crippen MR) is 85.6 cm³/mol. The van der Waals surface area contributed by atoms with Crippen LogP contribution in [0.1, 0.15) is 36.5 Å². The van der Waals surface area contributed by atoms with E-state index >= 15 is 0 Å². The maximum atomic E-state index is 12.8. The van der Waals surface area contributed by atoms with E-state index in [0.29, 0.717) is 5.78 Å². The molecule has 0 amide bonds. The minimum atomic E-state index is 0.145. The molecule has 2 heterocycles. The molecule has 106 valence electrons. The third-order valence-electron chi connectivity index (χ3n) is 4.29. The summed E-state index contributed by atoms with van der Waals surface area (Å²) >= 11 is 1.68. The summed E-state index contributed by atoms with van der Waals surface area (Å²) in [5.74, 6) is 0.475. The van der Waals surface area contributed by atoms with Gasteiger partial charge in [-0.2, -0.15) is 0 Å². The Bertz CT molecular complexity index is 598. The van der Waals surface area contributed by atoms with Crippen LogP contribution in [-0.4, -0.2) is 30.3 Å². The summed E-state index contributed by atoms with van der Waals surface area (Å²) in [5.41, 5.74) is 0.927. The van der Waals surface area contributed by atoms with E-state index in [2.05, 4.69) is 24.0 Å². The Kier molecular flexibility index (Phi) is 4.18. The second-order valence-electron chi connectivity index (χ2n) is 5.62. The van der Waals surface area contributed by atoms with Gasteiger partial charge in [-0.3, -0.25) is 4.79 Å². The van der Waals surface area contributed by atoms with E-state index < -0.39 is 0 Å². The number of rotatable bonds is 5. The highest BCUT2D eigenvalue weighted by Gasteiger charge is 2.24. The second kappa shape index (κ2) is 6.06. The number of benzene rings is 1. The molecule has 1 unspecified atom stereocenters. The number of fused-ring (bicyclic) bond motifs is 1. The summed E-state index contributed by atoms with van der Waals surface area (Å²) in [6.45, 7) is 5.38. The van der Waals surface area contributed by atoms with Gasteiger partial charge in [0.1, 0.15) is 0 Å². The van der Waals surface area contributed by atoms with Crippen molar-refractivity contribution in [3.05, 3.63) is 35.2 Å². The van der Waals surface area contributed by atoms with Gasteiger partial charge in [0.15, 0.2) is 5.78 Å². The Labute approximate surface area is 124 Å². The van der Waals surface area contributed by atoms with E-state index in [4.69, 9.17) is 0 Å². The van der Waals surface area contributed by atoms with Crippen molar-refractivity contribution in [1.82, 2.24) is 4.90 Å². The molecule has 0 aliphatic carbocycles. The standard InChI is InChI=1S/C17H21NOS/c1-2-13(11-18-9-5-6-10-18)17(19)15-12-20-16-8-4-3-7-14(15)16/h3-4,7-8,12-13H,2,5-6,9-11H2,1H3. The maximum Gasteiger partial charge on any atom is 0.168 e. The molecular formula is C17H21NOS. The number of nitrogens with zero attached hydrogens (tertiary/aromatic N) is 1. The van der Waals surface area contributed by atoms with Crippen molar-refractivity contribution in [3.8, 4) is 0 Å². The average Bonchev–Trinajstić information content (AvgIpc) is 3.13. The average molecular weight is 287 g/mol. The number of hydrogen-bond acceptors (Lipinski definition) is 3. The Balaban J connectivity index is 1.82. The first kappa shape index (κ1) is 13.8. The molecule has 2 aromatic rings. The molecule has 1 aliphatic heterocycles. The van der Waals surface area contributed by atoms with Crippen molar-refractivity contribution >= 4 is 27.2 Å². The zero-order chi connectivity index (χ0) is 13.9. The third kappa shape index (κ3) is 2.65. The molecule has 1 aromatic carbocycles. The van der Waals surface area contributed by atoms with Gasteiger partial charge in [-0.25, -0.2) is 0 Å². The first-order valence-corrected chi connectivity index (χ1v) is 8.40. The van der Waals surface area contributed by atoms with Gasteiger partial charge in [0.2, 0.25) is 0 Å². The van der Waals surface area contributed by atoms with Crippen molar-refractivity contribution in [2.24, 2.45) is 5.92 Å². The molecule has 0 spiro atoms. The number of carbonyl (C=O) groups is 1. The smallest absolute Gasteiger partial charge is 0.168 e. The van der Waals surface area contributed by atoms with Crippen LogP contribution in [0.15, 0.2) is 29.6 Å². The van der Waals surface area contributed by atoms with Crippen molar-refractivity contribution < 1.29 is 4.79 Å². The van der Waals surface area contributed by atoms with Crippen LogP contribution in [0.2, 0.25) is 0 Å². The van der Waals surface area contributed by atoms with E-state index in [1.54, 1.807) is 11.3 Å². The zero-order valence-electron chi connectivity index (χ0n) is 12.0. The Hall–Kier alpha value is -1.19. The summed E-state index contributed by atoms with van der Waals surface area (Å²) in [5, 5.41) is 3.17. The Morgan fingerprint density at radius 2 is 2.05 bits per heavy atom. The third-order valence-corrected chi connectivity index (χ3v) is 5.25. The lowest BCUT2D eigenvalue weighted by Crippen LogP contribution is -2.30. The summed E-state index contributed by atoms with van der Waals surface area (Å²) in [4.78, 5) is 15.3. The highest BCUT2D eigenvalue weighted by Crippen LogP contribution is 2.28. The highest BCUT2D eigenvalue weighted by molar-refractivity contribution is 7.17. The van der Waals surface area contributed by atoms with Gasteiger partial charge in [0.05, 0.1) is 0 Å². The number of carbonyl (C=O) groups excluding carboxylic acids is 1. The van der Waals surface area contributed by atoms with Crippen LogP contribution in [-0.2, 0) is 0 Å². The molecule has 1 fully saturated rings. The molecule has 1 aliphatic rings. The molecule has 0 saturated carbocycles. The lowest BCUT2D eigenvalue weighted by Gasteiger charge is -2.21. The van der Waals surface area contributed by atoms with Crippen LogP contribution < -0.4 is 0 Å². The SMILES string of the molecule is CCC(CN1CCCC1)C(=O)c1csc2ccccc12. The minimum absolute atomic E-state index is 0.145. The quantitative estimate of drug-likeness (QED) is 0.768. The molecule has 0 radical (unpaired) electrons. The lowest BCUT2D eigenvalue weighted by molar-refractivity contribution is 0.0888. The van der Waals surface area contributed by atoms with E-state index in [-0.39, 0.29) is 5.92 Å². The van der Waals surface area contributed by atoms with Gasteiger partial charge >= 0.3 is 0 Å². The van der Waals surface area contributed by atoms with Crippen molar-refractivity contribution in [1.29, 1.82) is 0 Å². The number of thiophene rings is 1. The fraction of sp³-hybridized carbons (Fsp3) is 0.471. The van der Waals surface area contributed by atoms with Gasteiger partial charge in [-0.15, -0.1) is 11.3 Å². The van der Waals surface area contributed by atoms with Gasteiger partial charge in [-0.1, -0.05) is 25.1 Å². The van der Waals surface area contributed by atoms with E-state index in [1.807, 2.05) is 17.5 Å². The van der Waals surface area contributed by atoms with E-state index in [0.717, 1.165) is 37.0 Å². The largest absolute Gasteiger partial charge is 0.303 e. The van der Waals surface area contributed by atoms with Crippen molar-refractivity contribution in [3.63, 3.8) is 0 Å². The van der Waals surface area contributed by atoms with E-state index in [9.17, 15) is 4.79 Å². The summed E-state index contributed by atoms with van der Waals surface area (Å²) in [6.07, 6.45) is 3.50. The molecule has 3 heteroatoms. The molecule has 1 aromatic heterocycles. The Morgan fingerprint density at radius 1 is 1.30 bits per heavy atom. The molecule has 20 heavy (non-hydrogen) atoms. The molecule has 1 saturated heterocycles. The topological polar surface area (TPSA) is 20.3 Å². The van der Waals surface area contributed by atoms with Crippen LogP contribution >= 0.6 is 11.3 Å².